The largest absolute Gasteiger partial charge is 0.321 e. The van der Waals surface area contributed by atoms with Gasteiger partial charge in [0, 0.05) is 22.5 Å². The summed E-state index contributed by atoms with van der Waals surface area (Å²) in [7, 11) is 0. The van der Waals surface area contributed by atoms with Crippen molar-refractivity contribution in [3.05, 3.63) is 260 Å². The van der Waals surface area contributed by atoms with E-state index in [4.69, 9.17) is 5.73 Å². The highest BCUT2D eigenvalue weighted by atomic mass is 15.0. The van der Waals surface area contributed by atoms with Crippen molar-refractivity contribution in [1.82, 2.24) is 4.57 Å². The van der Waals surface area contributed by atoms with E-state index in [0.29, 0.717) is 0 Å². The Bertz CT molecular complexity index is 2800. The molecule has 0 aliphatic rings. The number of benzene rings is 6. The minimum absolute atomic E-state index is 0.196. The first-order valence-electron chi connectivity index (χ1n) is 20.1. The van der Waals surface area contributed by atoms with E-state index in [1.54, 1.807) is 6.08 Å². The van der Waals surface area contributed by atoms with Crippen LogP contribution in [0.15, 0.2) is 232 Å². The van der Waals surface area contributed by atoms with Crippen LogP contribution >= 0.6 is 0 Å². The molecular formula is C57H50N2. The Balaban J connectivity index is 1.15. The molecule has 0 amide bonds. The SMILES string of the molecule is C=C/C=C\c1cccc(-c2cc(C\C=C/C=C/C=C\C=C/C(N)c3ccc(/C(C=C)=C/C=C)cc3)cc(-n3c4ccccc4c4cc(-c5ccccc5)ccc43)c2)c1C. The number of hydrogen-bond acceptors (Lipinski definition) is 1. The molecule has 1 aromatic heterocycles. The molecule has 0 saturated carbocycles. The summed E-state index contributed by atoms with van der Waals surface area (Å²) in [5.41, 5.74) is 21.6. The predicted molar refractivity (Wildman–Crippen MR) is 258 cm³/mol. The smallest absolute Gasteiger partial charge is 0.0541 e. The summed E-state index contributed by atoms with van der Waals surface area (Å²) < 4.78 is 2.42. The van der Waals surface area contributed by atoms with Crippen LogP contribution in [-0.4, -0.2) is 4.57 Å². The average molecular weight is 763 g/mol. The Morgan fingerprint density at radius 2 is 1.37 bits per heavy atom. The Morgan fingerprint density at radius 1 is 0.627 bits per heavy atom. The van der Waals surface area contributed by atoms with E-state index in [1.807, 2.05) is 54.7 Å². The highest BCUT2D eigenvalue weighted by molar-refractivity contribution is 6.10. The van der Waals surface area contributed by atoms with Gasteiger partial charge in [0.25, 0.3) is 0 Å². The molecule has 7 rings (SSSR count). The first-order chi connectivity index (χ1) is 29.0. The van der Waals surface area contributed by atoms with Crippen LogP contribution in [0.5, 0.6) is 0 Å². The summed E-state index contributed by atoms with van der Waals surface area (Å²) in [5, 5.41) is 2.48. The van der Waals surface area contributed by atoms with Crippen LogP contribution in [0.2, 0.25) is 0 Å². The zero-order chi connectivity index (χ0) is 41.0. The molecule has 0 radical (unpaired) electrons. The number of fused-ring (bicyclic) bond motifs is 3. The van der Waals surface area contributed by atoms with E-state index in [1.165, 1.54) is 60.8 Å². The van der Waals surface area contributed by atoms with E-state index in [0.717, 1.165) is 28.8 Å². The van der Waals surface area contributed by atoms with Gasteiger partial charge < -0.3 is 10.3 Å². The number of hydrogen-bond donors (Lipinski definition) is 1. The number of nitrogens with two attached hydrogens (primary N) is 1. The van der Waals surface area contributed by atoms with Crippen molar-refractivity contribution in [3.63, 3.8) is 0 Å². The van der Waals surface area contributed by atoms with Gasteiger partial charge in [-0.25, -0.2) is 0 Å². The summed E-state index contributed by atoms with van der Waals surface area (Å²) in [6, 6.07) is 47.8. The number of aromatic nitrogens is 1. The van der Waals surface area contributed by atoms with Crippen molar-refractivity contribution in [1.29, 1.82) is 0 Å². The molecule has 2 heteroatoms. The first kappa shape index (κ1) is 40.0. The minimum Gasteiger partial charge on any atom is -0.321 e. The molecule has 1 atom stereocenters. The molecule has 6 aromatic carbocycles. The van der Waals surface area contributed by atoms with Crippen LogP contribution in [0.4, 0.5) is 0 Å². The maximum atomic E-state index is 6.45. The number of allylic oxidation sites excluding steroid dienone is 13. The van der Waals surface area contributed by atoms with Crippen molar-refractivity contribution >= 4 is 33.5 Å². The van der Waals surface area contributed by atoms with Gasteiger partial charge in [-0.1, -0.05) is 208 Å². The van der Waals surface area contributed by atoms with Gasteiger partial charge >= 0.3 is 0 Å². The zero-order valence-corrected chi connectivity index (χ0v) is 33.7. The molecule has 0 bridgehead atoms. The van der Waals surface area contributed by atoms with Gasteiger partial charge in [-0.3, -0.25) is 0 Å². The molecule has 1 heterocycles. The summed E-state index contributed by atoms with van der Waals surface area (Å²) >= 11 is 0. The van der Waals surface area contributed by atoms with E-state index in [-0.39, 0.29) is 6.04 Å². The second kappa shape index (κ2) is 19.3. The third-order valence-electron chi connectivity index (χ3n) is 10.6. The molecule has 7 aromatic rings. The van der Waals surface area contributed by atoms with E-state index in [2.05, 4.69) is 189 Å². The molecule has 0 aliphatic carbocycles. The fourth-order valence-electron chi connectivity index (χ4n) is 7.60. The zero-order valence-electron chi connectivity index (χ0n) is 33.7. The molecule has 1 unspecified atom stereocenters. The molecular weight excluding hydrogens is 713 g/mol. The number of para-hydroxylation sites is 1. The van der Waals surface area contributed by atoms with E-state index >= 15 is 0 Å². The number of nitrogens with zero attached hydrogens (tertiary/aromatic N) is 1. The highest BCUT2D eigenvalue weighted by Crippen LogP contribution is 2.37. The van der Waals surface area contributed by atoms with Crippen LogP contribution in [0.1, 0.15) is 33.9 Å². The van der Waals surface area contributed by atoms with Gasteiger partial charge in [-0.05, 0) is 99.3 Å². The Labute approximate surface area is 349 Å². The van der Waals surface area contributed by atoms with Crippen molar-refractivity contribution < 1.29 is 0 Å². The average Bonchev–Trinajstić information content (AvgIpc) is 3.61. The predicted octanol–water partition coefficient (Wildman–Crippen LogP) is 14.8. The van der Waals surface area contributed by atoms with Crippen LogP contribution < -0.4 is 5.73 Å². The fraction of sp³-hybridized carbons (Fsp3) is 0.0526. The standard InChI is InChI=1S/C57H50N2/c1-5-8-24-45-27-21-29-52(42(45)4)50-38-43(23-15-12-10-9-11-13-18-30-55(58)48-34-32-47(33-35-48)44(7-3)22-6-2)39-51(40-50)59-56-31-20-19-28-53(56)54-41-49(36-37-57(54)59)46-25-16-14-17-26-46/h5-22,24-41,55H,1-3,23,58H2,4H3/b10-9+,13-11-,15-12-,24-8-,30-18-,44-22+. The Kier molecular flexibility index (Phi) is 13.0. The maximum absolute atomic E-state index is 6.45. The summed E-state index contributed by atoms with van der Waals surface area (Å²) in [6.45, 7) is 13.8. The second-order valence-electron chi connectivity index (χ2n) is 14.4. The Hall–Kier alpha value is -7.26. The van der Waals surface area contributed by atoms with E-state index in [9.17, 15) is 0 Å². The Morgan fingerprint density at radius 3 is 2.15 bits per heavy atom. The maximum Gasteiger partial charge on any atom is 0.0541 e. The lowest BCUT2D eigenvalue weighted by Crippen LogP contribution is -2.06. The fourth-order valence-corrected chi connectivity index (χ4v) is 7.60. The first-order valence-corrected chi connectivity index (χ1v) is 20.1. The molecule has 0 saturated heterocycles. The second-order valence-corrected chi connectivity index (χ2v) is 14.4. The monoisotopic (exact) mass is 762 g/mol. The summed E-state index contributed by atoms with van der Waals surface area (Å²) in [4.78, 5) is 0. The normalized spacial score (nSPS) is 12.9. The van der Waals surface area contributed by atoms with Crippen molar-refractivity contribution in [2.75, 3.05) is 0 Å². The lowest BCUT2D eigenvalue weighted by Gasteiger charge is -2.15. The molecule has 2 nitrogen and oxygen atoms in total. The van der Waals surface area contributed by atoms with Crippen LogP contribution in [0.3, 0.4) is 0 Å². The third kappa shape index (κ3) is 9.32. The van der Waals surface area contributed by atoms with Crippen LogP contribution in [0, 0.1) is 6.92 Å². The highest BCUT2D eigenvalue weighted by Gasteiger charge is 2.16. The van der Waals surface area contributed by atoms with Gasteiger partial charge in [0.1, 0.15) is 0 Å². The third-order valence-corrected chi connectivity index (χ3v) is 10.6. The summed E-state index contributed by atoms with van der Waals surface area (Å²) in [6.07, 6.45) is 28.7. The van der Waals surface area contributed by atoms with Gasteiger partial charge in [0.2, 0.25) is 0 Å². The topological polar surface area (TPSA) is 30.9 Å². The molecule has 0 aliphatic heterocycles. The molecule has 288 valence electrons. The lowest BCUT2D eigenvalue weighted by molar-refractivity contribution is 0.911. The van der Waals surface area contributed by atoms with Gasteiger partial charge in [0.15, 0.2) is 0 Å². The van der Waals surface area contributed by atoms with Gasteiger partial charge in [-0.2, -0.15) is 0 Å². The van der Waals surface area contributed by atoms with Crippen LogP contribution in [-0.2, 0) is 6.42 Å². The van der Waals surface area contributed by atoms with Gasteiger partial charge in [0.05, 0.1) is 11.0 Å². The van der Waals surface area contributed by atoms with Crippen LogP contribution in [0.25, 0.3) is 61.4 Å². The van der Waals surface area contributed by atoms with Crippen molar-refractivity contribution in [2.45, 2.75) is 19.4 Å². The quantitative estimate of drug-likeness (QED) is 0.104. The van der Waals surface area contributed by atoms with Gasteiger partial charge in [-0.15, -0.1) is 0 Å². The van der Waals surface area contributed by atoms with E-state index < -0.39 is 0 Å². The number of rotatable bonds is 15. The molecule has 59 heavy (non-hydrogen) atoms. The molecule has 2 N–H and O–H groups in total. The molecule has 0 spiro atoms. The lowest BCUT2D eigenvalue weighted by atomic mass is 9.94. The minimum atomic E-state index is -0.196. The van der Waals surface area contributed by atoms with Crippen molar-refractivity contribution in [2.24, 2.45) is 5.73 Å². The molecule has 0 fully saturated rings. The van der Waals surface area contributed by atoms with Crippen molar-refractivity contribution in [3.8, 4) is 27.9 Å². The summed E-state index contributed by atoms with van der Waals surface area (Å²) in [5.74, 6) is 0.